The molecule has 61 heavy (non-hydrogen) atoms. The van der Waals surface area contributed by atoms with Crippen molar-refractivity contribution in [2.45, 2.75) is 20.8 Å². The van der Waals surface area contributed by atoms with Crippen molar-refractivity contribution in [3.63, 3.8) is 0 Å². The van der Waals surface area contributed by atoms with Crippen LogP contribution in [-0.2, 0) is 0 Å². The van der Waals surface area contributed by atoms with E-state index in [1.54, 1.807) is 0 Å². The molecule has 4 heteroatoms. The zero-order valence-electron chi connectivity index (χ0n) is 35.0. The third-order valence-electron chi connectivity index (χ3n) is 11.5. The summed E-state index contributed by atoms with van der Waals surface area (Å²) in [5.74, 6) is 0. The summed E-state index contributed by atoms with van der Waals surface area (Å²) >= 11 is 0. The van der Waals surface area contributed by atoms with Crippen molar-refractivity contribution in [1.82, 2.24) is 13.7 Å². The smallest absolute Gasteiger partial charge is 0.0541 e. The molecule has 0 atom stereocenters. The number of fused-ring (bicyclic) bond motifs is 4. The zero-order chi connectivity index (χ0) is 42.0. The third kappa shape index (κ3) is 6.50. The van der Waals surface area contributed by atoms with Crippen LogP contribution in [0.25, 0.3) is 86.2 Å². The molecule has 9 aromatic rings. The highest BCUT2D eigenvalue weighted by atomic mass is 15.1. The van der Waals surface area contributed by atoms with Gasteiger partial charge in [-0.25, -0.2) is 0 Å². The Kier molecular flexibility index (Phi) is 10.4. The SMILES string of the molecule is C=Cc1c(C=C)c(/C=C\C)n(-c2ccc(N(c3ccc(-n4c(/C=C\C)c(C=C)c5ccccc54)cc3)c3ccc(-n4c5ccccc5c5ccccc54)cc3)cc2)c1/C=C\C. The quantitative estimate of drug-likeness (QED) is 0.121. The Bertz CT molecular complexity index is 3100. The Morgan fingerprint density at radius 3 is 1.08 bits per heavy atom. The summed E-state index contributed by atoms with van der Waals surface area (Å²) in [6, 6.07) is 52.5. The van der Waals surface area contributed by atoms with Crippen molar-refractivity contribution in [3.05, 3.63) is 217 Å². The Balaban J connectivity index is 1.19. The lowest BCUT2D eigenvalue weighted by atomic mass is 10.1. The average molecular weight is 789 g/mol. The normalized spacial score (nSPS) is 11.9. The summed E-state index contributed by atoms with van der Waals surface area (Å²) in [6.45, 7) is 18.7. The number of rotatable bonds is 12. The fourth-order valence-electron chi connectivity index (χ4n) is 9.00. The largest absolute Gasteiger partial charge is 0.310 e. The summed E-state index contributed by atoms with van der Waals surface area (Å²) in [5, 5.41) is 3.67. The van der Waals surface area contributed by atoms with Gasteiger partial charge in [-0.1, -0.05) is 111 Å². The summed E-state index contributed by atoms with van der Waals surface area (Å²) < 4.78 is 6.98. The van der Waals surface area contributed by atoms with Crippen molar-refractivity contribution in [1.29, 1.82) is 0 Å². The van der Waals surface area contributed by atoms with E-state index in [2.05, 4.69) is 227 Å². The summed E-state index contributed by atoms with van der Waals surface area (Å²) in [7, 11) is 0. The molecule has 0 aliphatic carbocycles. The van der Waals surface area contributed by atoms with Crippen molar-refractivity contribution >= 4 is 86.2 Å². The van der Waals surface area contributed by atoms with E-state index in [4.69, 9.17) is 0 Å². The lowest BCUT2D eigenvalue weighted by Crippen LogP contribution is -2.11. The minimum Gasteiger partial charge on any atom is -0.310 e. The molecule has 9 rings (SSSR count). The fourth-order valence-corrected chi connectivity index (χ4v) is 9.00. The van der Waals surface area contributed by atoms with Crippen LogP contribution < -0.4 is 4.90 Å². The molecule has 3 aromatic heterocycles. The maximum atomic E-state index is 4.18. The standard InChI is InChI=1S/C57H48N4/c1-7-19-52-46(10-4)47(11-5)53(20-8-2)59(52)43-34-28-40(29-35-43)58(41-30-36-44(37-31-41)60-54(21-9-3)48(12-6)49-22-13-16-25-55(49)60)42-32-38-45(39-33-42)61-56-26-17-14-23-50(56)51-24-15-18-27-57(51)61/h7-39H,4-6H2,1-3H3/b19-7-,20-8-,21-9-. The van der Waals surface area contributed by atoms with E-state index in [0.717, 1.165) is 73.4 Å². The Labute approximate surface area is 358 Å². The lowest BCUT2D eigenvalue weighted by molar-refractivity contribution is 1.04. The monoisotopic (exact) mass is 788 g/mol. The van der Waals surface area contributed by atoms with E-state index in [1.807, 2.05) is 32.1 Å². The molecule has 0 saturated heterocycles. The second kappa shape index (κ2) is 16.4. The Morgan fingerprint density at radius 1 is 0.361 bits per heavy atom. The van der Waals surface area contributed by atoms with Crippen LogP contribution in [-0.4, -0.2) is 13.7 Å². The fraction of sp³-hybridized carbons (Fsp3) is 0.0526. The summed E-state index contributed by atoms with van der Waals surface area (Å²) in [5.41, 5.74) is 16.4. The minimum atomic E-state index is 1.04. The van der Waals surface area contributed by atoms with E-state index in [-0.39, 0.29) is 0 Å². The summed E-state index contributed by atoms with van der Waals surface area (Å²) in [6.07, 6.45) is 18.5. The maximum Gasteiger partial charge on any atom is 0.0541 e. The van der Waals surface area contributed by atoms with Gasteiger partial charge in [-0.05, 0) is 130 Å². The molecule has 0 aliphatic heterocycles. The number of benzene rings is 6. The number of hydrogen-bond acceptors (Lipinski definition) is 1. The number of para-hydroxylation sites is 3. The van der Waals surface area contributed by atoms with Crippen molar-refractivity contribution < 1.29 is 0 Å². The molecule has 3 heterocycles. The predicted octanol–water partition coefficient (Wildman–Crippen LogP) is 16.0. The molecule has 0 spiro atoms. The first-order chi connectivity index (χ1) is 30.0. The van der Waals surface area contributed by atoms with Gasteiger partial charge >= 0.3 is 0 Å². The van der Waals surface area contributed by atoms with Crippen LogP contribution in [0.2, 0.25) is 0 Å². The molecule has 0 N–H and O–H groups in total. The van der Waals surface area contributed by atoms with Crippen LogP contribution in [0.5, 0.6) is 0 Å². The van der Waals surface area contributed by atoms with Crippen LogP contribution in [0.15, 0.2) is 184 Å². The highest BCUT2D eigenvalue weighted by Gasteiger charge is 2.20. The Hall–Kier alpha value is -7.82. The van der Waals surface area contributed by atoms with Crippen LogP contribution in [0.3, 0.4) is 0 Å². The van der Waals surface area contributed by atoms with Gasteiger partial charge in [0.05, 0.1) is 33.6 Å². The molecular weight excluding hydrogens is 741 g/mol. The van der Waals surface area contributed by atoms with Gasteiger partial charge in [0.25, 0.3) is 0 Å². The molecule has 296 valence electrons. The minimum absolute atomic E-state index is 1.04. The lowest BCUT2D eigenvalue weighted by Gasteiger charge is -2.26. The molecule has 0 fully saturated rings. The number of anilines is 3. The van der Waals surface area contributed by atoms with E-state index in [1.165, 1.54) is 27.2 Å². The van der Waals surface area contributed by atoms with Crippen LogP contribution >= 0.6 is 0 Å². The topological polar surface area (TPSA) is 18.0 Å². The molecule has 0 bridgehead atoms. The van der Waals surface area contributed by atoms with Crippen molar-refractivity contribution in [2.75, 3.05) is 4.90 Å². The van der Waals surface area contributed by atoms with E-state index >= 15 is 0 Å². The van der Waals surface area contributed by atoms with E-state index in [9.17, 15) is 0 Å². The first-order valence-electron chi connectivity index (χ1n) is 20.8. The molecule has 0 radical (unpaired) electrons. The molecule has 0 amide bonds. The number of allylic oxidation sites excluding steroid dienone is 3. The van der Waals surface area contributed by atoms with Crippen LogP contribution in [0.1, 0.15) is 54.5 Å². The van der Waals surface area contributed by atoms with Crippen LogP contribution in [0, 0.1) is 0 Å². The first kappa shape index (κ1) is 38.7. The number of hydrogen-bond donors (Lipinski definition) is 0. The van der Waals surface area contributed by atoms with Crippen LogP contribution in [0.4, 0.5) is 17.1 Å². The number of aromatic nitrogens is 3. The van der Waals surface area contributed by atoms with Gasteiger partial charge < -0.3 is 18.6 Å². The molecule has 0 saturated carbocycles. The average Bonchev–Trinajstić information content (AvgIpc) is 3.92. The zero-order valence-corrected chi connectivity index (χ0v) is 35.0. The molecule has 0 aliphatic rings. The molecule has 4 nitrogen and oxygen atoms in total. The van der Waals surface area contributed by atoms with Crippen molar-refractivity contribution in [2.24, 2.45) is 0 Å². The van der Waals surface area contributed by atoms with Gasteiger partial charge in [0, 0.05) is 67.0 Å². The molecular formula is C57H48N4. The van der Waals surface area contributed by atoms with E-state index in [0.29, 0.717) is 0 Å². The highest BCUT2D eigenvalue weighted by molar-refractivity contribution is 6.09. The van der Waals surface area contributed by atoms with Gasteiger partial charge in [-0.2, -0.15) is 0 Å². The van der Waals surface area contributed by atoms with Gasteiger partial charge in [-0.3, -0.25) is 0 Å². The maximum absolute atomic E-state index is 4.18. The van der Waals surface area contributed by atoms with Crippen molar-refractivity contribution in [3.8, 4) is 17.1 Å². The Morgan fingerprint density at radius 2 is 0.689 bits per heavy atom. The van der Waals surface area contributed by atoms with Gasteiger partial charge in [0.15, 0.2) is 0 Å². The molecule has 0 unspecified atom stereocenters. The number of nitrogens with zero attached hydrogens (tertiary/aromatic N) is 4. The first-order valence-corrected chi connectivity index (χ1v) is 20.8. The third-order valence-corrected chi connectivity index (χ3v) is 11.5. The molecule has 6 aromatic carbocycles. The van der Waals surface area contributed by atoms with Gasteiger partial charge in [0.2, 0.25) is 0 Å². The second-order valence-corrected chi connectivity index (χ2v) is 15.0. The highest BCUT2D eigenvalue weighted by Crippen LogP contribution is 2.40. The summed E-state index contributed by atoms with van der Waals surface area (Å²) in [4.78, 5) is 2.33. The van der Waals surface area contributed by atoms with Gasteiger partial charge in [-0.15, -0.1) is 0 Å². The van der Waals surface area contributed by atoms with E-state index < -0.39 is 0 Å². The van der Waals surface area contributed by atoms with Gasteiger partial charge in [0.1, 0.15) is 0 Å². The second-order valence-electron chi connectivity index (χ2n) is 15.0. The predicted molar refractivity (Wildman–Crippen MR) is 266 cm³/mol.